The van der Waals surface area contributed by atoms with E-state index in [4.69, 9.17) is 10.5 Å². The van der Waals surface area contributed by atoms with Gasteiger partial charge in [0.05, 0.1) is 15.6 Å². The van der Waals surface area contributed by atoms with Crippen LogP contribution in [-0.2, 0) is 4.74 Å². The van der Waals surface area contributed by atoms with E-state index in [1.54, 1.807) is 7.11 Å². The molecule has 1 fully saturated rings. The van der Waals surface area contributed by atoms with Crippen molar-refractivity contribution in [2.24, 2.45) is 5.92 Å². The molecule has 1 heterocycles. The van der Waals surface area contributed by atoms with Gasteiger partial charge in [-0.2, -0.15) is 0 Å². The summed E-state index contributed by atoms with van der Waals surface area (Å²) in [7, 11) is 1.69. The summed E-state index contributed by atoms with van der Waals surface area (Å²) in [6, 6.07) is 1.85. The first-order valence-corrected chi connectivity index (χ1v) is 6.70. The Balaban J connectivity index is 1.91. The summed E-state index contributed by atoms with van der Waals surface area (Å²) < 4.78 is 4.97. The number of methoxy groups -OCH3 is 1. The van der Waals surface area contributed by atoms with Crippen LogP contribution in [0.3, 0.4) is 0 Å². The Hall–Kier alpha value is -1.07. The number of hydrogen-bond acceptors (Lipinski definition) is 5. The predicted octanol–water partition coefficient (Wildman–Crippen LogP) is 2.37. The maximum atomic E-state index is 11.9. The molecular weight excluding hydrogens is 236 g/mol. The highest BCUT2D eigenvalue weighted by molar-refractivity contribution is 7.18. The number of nitrogen functional groups attached to an aromatic ring is 1. The fraction of sp³-hybridized carbons (Fsp3) is 0.583. The summed E-state index contributed by atoms with van der Waals surface area (Å²) in [4.78, 5) is 12.6. The van der Waals surface area contributed by atoms with Crippen molar-refractivity contribution < 1.29 is 9.53 Å². The molecule has 0 unspecified atom stereocenters. The van der Waals surface area contributed by atoms with Crippen LogP contribution in [-0.4, -0.2) is 26.0 Å². The molecule has 4 nitrogen and oxygen atoms in total. The topological polar surface area (TPSA) is 64.3 Å². The van der Waals surface area contributed by atoms with E-state index in [1.165, 1.54) is 11.3 Å². The molecule has 0 amide bonds. The average molecular weight is 254 g/mol. The van der Waals surface area contributed by atoms with Crippen LogP contribution in [0.2, 0.25) is 0 Å². The molecule has 3 N–H and O–H groups in total. The number of carbonyl (C=O) groups is 1. The summed E-state index contributed by atoms with van der Waals surface area (Å²) in [6.45, 7) is 1.58. The molecule has 17 heavy (non-hydrogen) atoms. The molecular formula is C12H18N2O2S. The second kappa shape index (κ2) is 5.51. The van der Waals surface area contributed by atoms with Crippen molar-refractivity contribution in [2.45, 2.75) is 19.3 Å². The zero-order chi connectivity index (χ0) is 12.3. The monoisotopic (exact) mass is 254 g/mol. The first-order chi connectivity index (χ1) is 8.22. The molecule has 0 spiro atoms. The molecule has 2 rings (SSSR count). The third-order valence-electron chi connectivity index (χ3n) is 2.76. The number of thiophene rings is 1. The number of rotatable bonds is 7. The van der Waals surface area contributed by atoms with Gasteiger partial charge in [0.25, 0.3) is 0 Å². The summed E-state index contributed by atoms with van der Waals surface area (Å²) >= 11 is 1.47. The van der Waals surface area contributed by atoms with Gasteiger partial charge in [-0.15, -0.1) is 11.3 Å². The molecule has 1 saturated carbocycles. The highest BCUT2D eigenvalue weighted by Gasteiger charge is 2.32. The van der Waals surface area contributed by atoms with E-state index in [9.17, 15) is 4.79 Å². The van der Waals surface area contributed by atoms with Gasteiger partial charge in [0.1, 0.15) is 0 Å². The lowest BCUT2D eigenvalue weighted by molar-refractivity contribution is 0.0972. The first-order valence-electron chi connectivity index (χ1n) is 5.88. The number of hydrogen-bond donors (Lipinski definition) is 2. The molecule has 0 radical (unpaired) electrons. The third-order valence-corrected chi connectivity index (χ3v) is 3.88. The number of ether oxygens (including phenoxy) is 1. The molecule has 1 aromatic rings. The number of ketones is 1. The molecule has 0 saturated heterocycles. The van der Waals surface area contributed by atoms with E-state index in [2.05, 4.69) is 5.32 Å². The quantitative estimate of drug-likeness (QED) is 0.579. The van der Waals surface area contributed by atoms with Gasteiger partial charge >= 0.3 is 0 Å². The van der Waals surface area contributed by atoms with Crippen LogP contribution >= 0.6 is 11.3 Å². The lowest BCUT2D eigenvalue weighted by atomic mass is 10.2. The number of carbonyl (C=O) groups excluding carboxylic acids is 1. The van der Waals surface area contributed by atoms with Crippen molar-refractivity contribution in [2.75, 3.05) is 31.3 Å². The van der Waals surface area contributed by atoms with E-state index in [1.807, 2.05) is 6.07 Å². The second-order valence-corrected chi connectivity index (χ2v) is 5.36. The zero-order valence-electron chi connectivity index (χ0n) is 9.99. The summed E-state index contributed by atoms with van der Waals surface area (Å²) in [5.74, 6) is 0.453. The third kappa shape index (κ3) is 3.20. The van der Waals surface area contributed by atoms with Gasteiger partial charge in [-0.1, -0.05) is 0 Å². The van der Waals surface area contributed by atoms with Crippen LogP contribution in [0.1, 0.15) is 28.9 Å². The Kier molecular flexibility index (Phi) is 4.02. The molecule has 1 aliphatic rings. The van der Waals surface area contributed by atoms with Crippen LogP contribution in [0.4, 0.5) is 10.7 Å². The molecule has 94 valence electrons. The molecule has 0 atom stereocenters. The van der Waals surface area contributed by atoms with Crippen molar-refractivity contribution in [3.63, 3.8) is 0 Å². The van der Waals surface area contributed by atoms with Crippen molar-refractivity contribution in [3.05, 3.63) is 10.9 Å². The number of Topliss-reactive ketones (excluding diaryl/α,β-unsaturated/α-hetero) is 1. The van der Waals surface area contributed by atoms with E-state index in [-0.39, 0.29) is 11.7 Å². The van der Waals surface area contributed by atoms with Crippen molar-refractivity contribution in [1.29, 1.82) is 0 Å². The largest absolute Gasteiger partial charge is 0.397 e. The predicted molar refractivity (Wildman–Crippen MR) is 70.8 cm³/mol. The van der Waals surface area contributed by atoms with Gasteiger partial charge in [0.15, 0.2) is 5.78 Å². The van der Waals surface area contributed by atoms with Gasteiger partial charge in [0, 0.05) is 26.2 Å². The van der Waals surface area contributed by atoms with E-state index in [0.717, 1.165) is 42.3 Å². The molecule has 0 bridgehead atoms. The normalized spacial score (nSPS) is 14.9. The van der Waals surface area contributed by atoms with Crippen LogP contribution in [0, 0.1) is 5.92 Å². The minimum Gasteiger partial charge on any atom is -0.397 e. The molecule has 5 heteroatoms. The average Bonchev–Trinajstić information content (AvgIpc) is 3.09. The SMILES string of the molecule is COCCCNc1cc(N)c(C(=O)C2CC2)s1. The minimum atomic E-state index is 0.220. The maximum Gasteiger partial charge on any atom is 0.178 e. The van der Waals surface area contributed by atoms with Crippen molar-refractivity contribution in [1.82, 2.24) is 0 Å². The highest BCUT2D eigenvalue weighted by Crippen LogP contribution is 2.38. The van der Waals surface area contributed by atoms with Crippen LogP contribution in [0.25, 0.3) is 0 Å². The Labute approximate surface area is 105 Å². The van der Waals surface area contributed by atoms with E-state index >= 15 is 0 Å². The number of nitrogens with one attached hydrogen (secondary N) is 1. The first kappa shape index (κ1) is 12.4. The van der Waals surface area contributed by atoms with Gasteiger partial charge in [0.2, 0.25) is 0 Å². The fourth-order valence-corrected chi connectivity index (χ4v) is 2.67. The molecule has 0 aromatic carbocycles. The maximum absolute atomic E-state index is 11.9. The van der Waals surface area contributed by atoms with Crippen molar-refractivity contribution >= 4 is 27.8 Å². The van der Waals surface area contributed by atoms with Crippen LogP contribution < -0.4 is 11.1 Å². The number of nitrogens with two attached hydrogens (primary N) is 1. The minimum absolute atomic E-state index is 0.220. The lowest BCUT2D eigenvalue weighted by Gasteiger charge is -2.01. The molecule has 0 aliphatic heterocycles. The summed E-state index contributed by atoms with van der Waals surface area (Å²) in [5.41, 5.74) is 6.48. The Morgan fingerprint density at radius 3 is 3.06 bits per heavy atom. The van der Waals surface area contributed by atoms with E-state index in [0.29, 0.717) is 5.69 Å². The van der Waals surface area contributed by atoms with Crippen molar-refractivity contribution in [3.8, 4) is 0 Å². The Morgan fingerprint density at radius 1 is 1.65 bits per heavy atom. The Bertz CT molecular complexity index is 399. The highest BCUT2D eigenvalue weighted by atomic mass is 32.1. The Morgan fingerprint density at radius 2 is 2.41 bits per heavy atom. The second-order valence-electron chi connectivity index (χ2n) is 4.31. The standard InChI is InChI=1S/C12H18N2O2S/c1-16-6-2-5-14-10-7-9(13)12(17-10)11(15)8-3-4-8/h7-8,14H,2-6,13H2,1H3. The van der Waals surface area contributed by atoms with E-state index < -0.39 is 0 Å². The fourth-order valence-electron chi connectivity index (χ4n) is 1.64. The summed E-state index contributed by atoms with van der Waals surface area (Å²) in [5, 5.41) is 4.24. The molecule has 1 aromatic heterocycles. The van der Waals surface area contributed by atoms with Crippen LogP contribution in [0.5, 0.6) is 0 Å². The van der Waals surface area contributed by atoms with Gasteiger partial charge in [-0.05, 0) is 25.3 Å². The van der Waals surface area contributed by atoms with Crippen LogP contribution in [0.15, 0.2) is 6.07 Å². The van der Waals surface area contributed by atoms with Gasteiger partial charge in [-0.3, -0.25) is 4.79 Å². The smallest absolute Gasteiger partial charge is 0.178 e. The number of anilines is 2. The van der Waals surface area contributed by atoms with Gasteiger partial charge < -0.3 is 15.8 Å². The lowest BCUT2D eigenvalue weighted by Crippen LogP contribution is -2.03. The zero-order valence-corrected chi connectivity index (χ0v) is 10.8. The van der Waals surface area contributed by atoms with Gasteiger partial charge in [-0.25, -0.2) is 0 Å². The molecule has 1 aliphatic carbocycles. The summed E-state index contributed by atoms with van der Waals surface area (Å²) in [6.07, 6.45) is 2.99.